The molecule has 2 aromatic rings. The molecule has 28 heavy (non-hydrogen) atoms. The normalized spacial score (nSPS) is 13.4. The number of primary sulfonamides is 1. The molecule has 2 atom stereocenters. The van der Waals surface area contributed by atoms with Crippen LogP contribution >= 0.6 is 0 Å². The summed E-state index contributed by atoms with van der Waals surface area (Å²) in [4.78, 5) is 25.2. The molecule has 0 unspecified atom stereocenters. The van der Waals surface area contributed by atoms with E-state index in [2.05, 4.69) is 10.6 Å². The number of sulfonamides is 1. The molecule has 0 saturated carbocycles. The summed E-state index contributed by atoms with van der Waals surface area (Å²) in [6, 6.07) is 12.3. The fourth-order valence-electron chi connectivity index (χ4n) is 2.72. The van der Waals surface area contributed by atoms with E-state index in [1.54, 1.807) is 49.4 Å². The monoisotopic (exact) mass is 403 g/mol. The van der Waals surface area contributed by atoms with Gasteiger partial charge in [-0.25, -0.2) is 13.6 Å². The van der Waals surface area contributed by atoms with Crippen molar-refractivity contribution in [2.45, 2.75) is 38.1 Å². The smallest absolute Gasteiger partial charge is 0.251 e. The summed E-state index contributed by atoms with van der Waals surface area (Å²) in [6.07, 6.45) is 0.670. The minimum atomic E-state index is -3.91. The zero-order chi connectivity index (χ0) is 20.9. The standard InChI is InChI=1S/C20H25N3O4S/c1-4-13(2)18(23-19(24)15-8-6-5-7-9-15)20(25)22-16-11-10-14(3)17(12-16)28(21,26)27/h5-13,18H,4H2,1-3H3,(H,22,25)(H,23,24)(H2,21,26,27)/t13-,18-/m1/s1. The Balaban J connectivity index is 2.23. The zero-order valence-corrected chi connectivity index (χ0v) is 16.9. The summed E-state index contributed by atoms with van der Waals surface area (Å²) >= 11 is 0. The Hall–Kier alpha value is -2.71. The first-order chi connectivity index (χ1) is 13.1. The molecule has 2 amide bonds. The number of rotatable bonds is 7. The molecular weight excluding hydrogens is 378 g/mol. The average Bonchev–Trinajstić information content (AvgIpc) is 2.66. The van der Waals surface area contributed by atoms with Gasteiger partial charge in [0.15, 0.2) is 0 Å². The summed E-state index contributed by atoms with van der Waals surface area (Å²) in [5.41, 5.74) is 1.23. The van der Waals surface area contributed by atoms with Crippen LogP contribution in [-0.4, -0.2) is 26.3 Å². The van der Waals surface area contributed by atoms with Gasteiger partial charge in [0.2, 0.25) is 15.9 Å². The second-order valence-electron chi connectivity index (χ2n) is 6.72. The van der Waals surface area contributed by atoms with Crippen molar-refractivity contribution in [1.29, 1.82) is 0 Å². The number of carbonyl (C=O) groups is 2. The highest BCUT2D eigenvalue weighted by atomic mass is 32.2. The second-order valence-corrected chi connectivity index (χ2v) is 8.25. The van der Waals surface area contributed by atoms with Crippen molar-refractivity contribution in [1.82, 2.24) is 5.32 Å². The van der Waals surface area contributed by atoms with Gasteiger partial charge >= 0.3 is 0 Å². The Morgan fingerprint density at radius 2 is 1.75 bits per heavy atom. The molecule has 8 heteroatoms. The summed E-state index contributed by atoms with van der Waals surface area (Å²) in [7, 11) is -3.91. The first-order valence-electron chi connectivity index (χ1n) is 8.93. The molecule has 0 bridgehead atoms. The van der Waals surface area contributed by atoms with Gasteiger partial charge in [0.05, 0.1) is 4.90 Å². The van der Waals surface area contributed by atoms with Crippen molar-refractivity contribution < 1.29 is 18.0 Å². The number of anilines is 1. The number of nitrogens with one attached hydrogen (secondary N) is 2. The van der Waals surface area contributed by atoms with Crippen LogP contribution < -0.4 is 15.8 Å². The molecule has 0 aliphatic heterocycles. The van der Waals surface area contributed by atoms with E-state index in [9.17, 15) is 18.0 Å². The molecule has 0 fully saturated rings. The van der Waals surface area contributed by atoms with E-state index < -0.39 is 22.0 Å². The number of amides is 2. The zero-order valence-electron chi connectivity index (χ0n) is 16.1. The molecule has 0 aliphatic carbocycles. The second kappa shape index (κ2) is 8.99. The van der Waals surface area contributed by atoms with Gasteiger partial charge in [-0.3, -0.25) is 9.59 Å². The van der Waals surface area contributed by atoms with Crippen molar-refractivity contribution >= 4 is 27.5 Å². The first-order valence-corrected chi connectivity index (χ1v) is 10.5. The summed E-state index contributed by atoms with van der Waals surface area (Å²) in [6.45, 7) is 5.40. The maximum atomic E-state index is 12.8. The molecule has 0 saturated heterocycles. The molecule has 7 nitrogen and oxygen atoms in total. The maximum Gasteiger partial charge on any atom is 0.251 e. The number of aryl methyl sites for hydroxylation is 1. The number of carbonyl (C=O) groups excluding carboxylic acids is 2. The highest BCUT2D eigenvalue weighted by molar-refractivity contribution is 7.89. The van der Waals surface area contributed by atoms with E-state index in [0.717, 1.165) is 0 Å². The van der Waals surface area contributed by atoms with Gasteiger partial charge in [0, 0.05) is 11.3 Å². The van der Waals surface area contributed by atoms with Gasteiger partial charge in [-0.05, 0) is 42.7 Å². The van der Waals surface area contributed by atoms with Crippen molar-refractivity contribution in [2.75, 3.05) is 5.32 Å². The lowest BCUT2D eigenvalue weighted by Crippen LogP contribution is -2.47. The SMILES string of the molecule is CC[C@@H](C)[C@@H](NC(=O)c1ccccc1)C(=O)Nc1ccc(C)c(S(N)(=O)=O)c1. The predicted molar refractivity (Wildman–Crippen MR) is 108 cm³/mol. The molecule has 0 aromatic heterocycles. The van der Waals surface area contributed by atoms with Crippen LogP contribution in [0.15, 0.2) is 53.4 Å². The van der Waals surface area contributed by atoms with E-state index in [-0.39, 0.29) is 16.7 Å². The molecule has 2 rings (SSSR count). The van der Waals surface area contributed by atoms with Gasteiger partial charge in [-0.15, -0.1) is 0 Å². The fourth-order valence-corrected chi connectivity index (χ4v) is 3.53. The van der Waals surface area contributed by atoms with Crippen molar-refractivity contribution in [3.8, 4) is 0 Å². The number of benzene rings is 2. The molecule has 0 heterocycles. The van der Waals surface area contributed by atoms with Gasteiger partial charge in [0.1, 0.15) is 6.04 Å². The predicted octanol–water partition coefficient (Wildman–Crippen LogP) is 2.43. The molecule has 2 aromatic carbocycles. The molecule has 4 N–H and O–H groups in total. The van der Waals surface area contributed by atoms with Crippen LogP contribution in [0.4, 0.5) is 5.69 Å². The topological polar surface area (TPSA) is 118 Å². The van der Waals surface area contributed by atoms with Crippen LogP contribution in [0.5, 0.6) is 0 Å². The molecule has 0 radical (unpaired) electrons. The van der Waals surface area contributed by atoms with Gasteiger partial charge in [0.25, 0.3) is 5.91 Å². The summed E-state index contributed by atoms with van der Waals surface area (Å²) < 4.78 is 23.4. The number of nitrogens with two attached hydrogens (primary N) is 1. The molecule has 150 valence electrons. The highest BCUT2D eigenvalue weighted by Crippen LogP contribution is 2.20. The minimum Gasteiger partial charge on any atom is -0.340 e. The lowest BCUT2D eigenvalue weighted by Gasteiger charge is -2.24. The van der Waals surface area contributed by atoms with Gasteiger partial charge in [-0.2, -0.15) is 0 Å². The summed E-state index contributed by atoms with van der Waals surface area (Å²) in [5, 5.41) is 10.7. The Labute approximate surface area is 165 Å². The van der Waals surface area contributed by atoms with E-state index in [1.165, 1.54) is 6.07 Å². The van der Waals surface area contributed by atoms with Gasteiger partial charge < -0.3 is 10.6 Å². The first kappa shape index (κ1) is 21.6. The Morgan fingerprint density at radius 1 is 1.11 bits per heavy atom. The van der Waals surface area contributed by atoms with Crippen molar-refractivity contribution in [2.24, 2.45) is 11.1 Å². The highest BCUT2D eigenvalue weighted by Gasteiger charge is 2.26. The third-order valence-corrected chi connectivity index (χ3v) is 5.63. The Bertz CT molecular complexity index is 959. The third-order valence-electron chi connectivity index (χ3n) is 4.58. The van der Waals surface area contributed by atoms with Crippen molar-refractivity contribution in [3.05, 3.63) is 59.7 Å². The lowest BCUT2D eigenvalue weighted by molar-refractivity contribution is -0.119. The Kier molecular flexibility index (Phi) is 6.93. The van der Waals surface area contributed by atoms with E-state index in [0.29, 0.717) is 23.2 Å². The quantitative estimate of drug-likeness (QED) is 0.658. The minimum absolute atomic E-state index is 0.0567. The third kappa shape index (κ3) is 5.40. The van der Waals surface area contributed by atoms with E-state index in [4.69, 9.17) is 5.14 Å². The van der Waals surface area contributed by atoms with Gasteiger partial charge in [-0.1, -0.05) is 44.5 Å². The van der Waals surface area contributed by atoms with Crippen LogP contribution in [-0.2, 0) is 14.8 Å². The van der Waals surface area contributed by atoms with Crippen LogP contribution in [0.25, 0.3) is 0 Å². The van der Waals surface area contributed by atoms with Crippen LogP contribution in [0.1, 0.15) is 36.2 Å². The van der Waals surface area contributed by atoms with Crippen LogP contribution in [0, 0.1) is 12.8 Å². The summed E-state index contributed by atoms with van der Waals surface area (Å²) in [5.74, 6) is -0.908. The van der Waals surface area contributed by atoms with E-state index in [1.807, 2.05) is 13.8 Å². The molecular formula is C20H25N3O4S. The van der Waals surface area contributed by atoms with Crippen molar-refractivity contribution in [3.63, 3.8) is 0 Å². The molecule has 0 aliphatic rings. The fraction of sp³-hybridized carbons (Fsp3) is 0.300. The largest absolute Gasteiger partial charge is 0.340 e. The lowest BCUT2D eigenvalue weighted by atomic mass is 9.97. The van der Waals surface area contributed by atoms with Crippen LogP contribution in [0.2, 0.25) is 0 Å². The maximum absolute atomic E-state index is 12.8. The van der Waals surface area contributed by atoms with E-state index >= 15 is 0 Å². The number of hydrogen-bond acceptors (Lipinski definition) is 4. The average molecular weight is 404 g/mol. The van der Waals surface area contributed by atoms with Crippen LogP contribution in [0.3, 0.4) is 0 Å². The molecule has 0 spiro atoms. The Morgan fingerprint density at radius 3 is 2.32 bits per heavy atom. The number of hydrogen-bond donors (Lipinski definition) is 3.